The smallest absolute Gasteiger partial charge is 0.319 e. The van der Waals surface area contributed by atoms with E-state index in [2.05, 4.69) is 11.8 Å². The van der Waals surface area contributed by atoms with Crippen LogP contribution < -0.4 is 0 Å². The number of urea groups is 1. The average Bonchev–Trinajstić information content (AvgIpc) is 2.36. The first kappa shape index (κ1) is 14.3. The van der Waals surface area contributed by atoms with Crippen molar-refractivity contribution in [3.05, 3.63) is 0 Å². The molecule has 5 heteroatoms. The maximum atomic E-state index is 12.0. The fourth-order valence-electron chi connectivity index (χ4n) is 2.06. The third-order valence-corrected chi connectivity index (χ3v) is 3.14. The first-order valence-electron chi connectivity index (χ1n) is 6.40. The van der Waals surface area contributed by atoms with Crippen LogP contribution in [0.5, 0.6) is 0 Å². The van der Waals surface area contributed by atoms with E-state index in [1.54, 1.807) is 7.11 Å². The molecule has 100 valence electrons. The highest BCUT2D eigenvalue weighted by molar-refractivity contribution is 5.74. The fraction of sp³-hybridized carbons (Fsp3) is 0.917. The molecule has 1 fully saturated rings. The van der Waals surface area contributed by atoms with Crippen molar-refractivity contribution >= 4 is 6.03 Å². The lowest BCUT2D eigenvalue weighted by molar-refractivity contribution is 0.0956. The summed E-state index contributed by atoms with van der Waals surface area (Å²) in [6, 6.07) is 0.165. The van der Waals surface area contributed by atoms with Crippen molar-refractivity contribution in [1.29, 1.82) is 0 Å². The van der Waals surface area contributed by atoms with E-state index in [0.717, 1.165) is 52.3 Å². The summed E-state index contributed by atoms with van der Waals surface area (Å²) in [5, 5.41) is 0. The van der Waals surface area contributed by atoms with E-state index in [-0.39, 0.29) is 6.03 Å². The van der Waals surface area contributed by atoms with Crippen molar-refractivity contribution in [2.75, 3.05) is 60.0 Å². The summed E-state index contributed by atoms with van der Waals surface area (Å²) < 4.78 is 5.06. The normalized spacial score (nSPS) is 17.2. The molecule has 5 nitrogen and oxygen atoms in total. The van der Waals surface area contributed by atoms with Gasteiger partial charge in [-0.05, 0) is 6.42 Å². The molecular weight excluding hydrogens is 218 g/mol. The molecule has 1 heterocycles. The lowest BCUT2D eigenvalue weighted by Crippen LogP contribution is -2.52. The molecule has 1 aliphatic heterocycles. The van der Waals surface area contributed by atoms with Gasteiger partial charge in [0.2, 0.25) is 0 Å². The lowest BCUT2D eigenvalue weighted by Gasteiger charge is -2.36. The summed E-state index contributed by atoms with van der Waals surface area (Å²) in [7, 11) is 3.60. The minimum Gasteiger partial charge on any atom is -0.383 e. The van der Waals surface area contributed by atoms with E-state index in [1.165, 1.54) is 0 Å². The van der Waals surface area contributed by atoms with E-state index in [1.807, 2.05) is 16.8 Å². The van der Waals surface area contributed by atoms with Crippen LogP contribution in [-0.4, -0.2) is 80.8 Å². The van der Waals surface area contributed by atoms with E-state index >= 15 is 0 Å². The van der Waals surface area contributed by atoms with Crippen molar-refractivity contribution in [3.63, 3.8) is 0 Å². The topological polar surface area (TPSA) is 36.0 Å². The van der Waals surface area contributed by atoms with Crippen molar-refractivity contribution in [2.24, 2.45) is 0 Å². The van der Waals surface area contributed by atoms with Crippen LogP contribution in [0.1, 0.15) is 13.3 Å². The van der Waals surface area contributed by atoms with Gasteiger partial charge in [-0.25, -0.2) is 4.79 Å². The predicted octanol–water partition coefficient (Wildman–Crippen LogP) is 0.712. The largest absolute Gasteiger partial charge is 0.383 e. The quantitative estimate of drug-likeness (QED) is 0.713. The summed E-state index contributed by atoms with van der Waals surface area (Å²) in [5.74, 6) is 0. The summed E-state index contributed by atoms with van der Waals surface area (Å²) in [4.78, 5) is 18.1. The second kappa shape index (κ2) is 7.50. The average molecular weight is 243 g/mol. The van der Waals surface area contributed by atoms with Crippen LogP contribution in [0, 0.1) is 0 Å². The molecule has 0 spiro atoms. The highest BCUT2D eigenvalue weighted by Gasteiger charge is 2.22. The molecule has 0 bridgehead atoms. The predicted molar refractivity (Wildman–Crippen MR) is 68.2 cm³/mol. The highest BCUT2D eigenvalue weighted by atomic mass is 16.5. The molecule has 1 rings (SSSR count). The second-order valence-electron chi connectivity index (χ2n) is 4.53. The van der Waals surface area contributed by atoms with Crippen molar-refractivity contribution < 1.29 is 9.53 Å². The minimum atomic E-state index is 0.165. The van der Waals surface area contributed by atoms with Gasteiger partial charge in [-0.2, -0.15) is 0 Å². The van der Waals surface area contributed by atoms with Crippen molar-refractivity contribution in [1.82, 2.24) is 14.7 Å². The number of hydrogen-bond acceptors (Lipinski definition) is 3. The number of carbonyl (C=O) groups excluding carboxylic acids is 1. The molecule has 0 aromatic carbocycles. The Morgan fingerprint density at radius 1 is 1.29 bits per heavy atom. The van der Waals surface area contributed by atoms with Crippen molar-refractivity contribution in [3.8, 4) is 0 Å². The summed E-state index contributed by atoms with van der Waals surface area (Å²) in [6.07, 6.45) is 1.01. The molecule has 0 radical (unpaired) electrons. The number of amides is 2. The number of methoxy groups -OCH3 is 1. The number of ether oxygens (including phenoxy) is 1. The van der Waals surface area contributed by atoms with Gasteiger partial charge in [-0.1, -0.05) is 6.92 Å². The van der Waals surface area contributed by atoms with E-state index in [9.17, 15) is 4.79 Å². The Balaban J connectivity index is 2.28. The first-order chi connectivity index (χ1) is 8.19. The van der Waals surface area contributed by atoms with Crippen LogP contribution in [0.15, 0.2) is 0 Å². The van der Waals surface area contributed by atoms with Gasteiger partial charge >= 0.3 is 6.03 Å². The molecule has 0 aromatic rings. The number of hydrogen-bond donors (Lipinski definition) is 0. The third-order valence-electron chi connectivity index (χ3n) is 3.14. The highest BCUT2D eigenvalue weighted by Crippen LogP contribution is 2.05. The van der Waals surface area contributed by atoms with E-state index < -0.39 is 0 Å². The molecular formula is C12H25N3O2. The van der Waals surface area contributed by atoms with Crippen LogP contribution in [0.2, 0.25) is 0 Å². The number of rotatable bonds is 5. The Morgan fingerprint density at radius 2 is 1.94 bits per heavy atom. The van der Waals surface area contributed by atoms with Crippen LogP contribution in [0.25, 0.3) is 0 Å². The fourth-order valence-corrected chi connectivity index (χ4v) is 2.06. The molecule has 0 aromatic heterocycles. The van der Waals surface area contributed by atoms with Gasteiger partial charge in [0, 0.05) is 53.4 Å². The molecule has 2 amide bonds. The van der Waals surface area contributed by atoms with Gasteiger partial charge in [-0.3, -0.25) is 4.90 Å². The Hall–Kier alpha value is -0.810. The van der Waals surface area contributed by atoms with Gasteiger partial charge in [0.25, 0.3) is 0 Å². The van der Waals surface area contributed by atoms with Gasteiger partial charge in [0.05, 0.1) is 6.61 Å². The Kier molecular flexibility index (Phi) is 6.29. The van der Waals surface area contributed by atoms with Gasteiger partial charge in [0.1, 0.15) is 0 Å². The van der Waals surface area contributed by atoms with E-state index in [4.69, 9.17) is 4.74 Å². The number of nitrogens with zero attached hydrogens (tertiary/aromatic N) is 3. The summed E-state index contributed by atoms with van der Waals surface area (Å²) in [6.45, 7) is 8.22. The summed E-state index contributed by atoms with van der Waals surface area (Å²) in [5.41, 5.74) is 0. The van der Waals surface area contributed by atoms with E-state index in [0.29, 0.717) is 0 Å². The van der Waals surface area contributed by atoms with Crippen LogP contribution in [-0.2, 0) is 4.74 Å². The molecule has 0 atom stereocenters. The molecule has 0 unspecified atom stereocenters. The molecule has 0 saturated carbocycles. The molecule has 1 saturated heterocycles. The number of piperazine rings is 1. The van der Waals surface area contributed by atoms with Gasteiger partial charge < -0.3 is 14.5 Å². The second-order valence-corrected chi connectivity index (χ2v) is 4.53. The molecule has 1 aliphatic rings. The molecule has 17 heavy (non-hydrogen) atoms. The lowest BCUT2D eigenvalue weighted by atomic mass is 10.3. The minimum absolute atomic E-state index is 0.165. The Bertz CT molecular complexity index is 228. The third kappa shape index (κ3) is 4.52. The standard InChI is InChI=1S/C12H25N3O2/c1-4-5-13(2)12(16)15-8-6-14(7-9-15)10-11-17-3/h4-11H2,1-3H3. The van der Waals surface area contributed by atoms with Crippen LogP contribution in [0.3, 0.4) is 0 Å². The van der Waals surface area contributed by atoms with Crippen molar-refractivity contribution in [2.45, 2.75) is 13.3 Å². The first-order valence-corrected chi connectivity index (χ1v) is 6.40. The van der Waals surface area contributed by atoms with Gasteiger partial charge in [0.15, 0.2) is 0 Å². The SMILES string of the molecule is CCCN(C)C(=O)N1CCN(CCOC)CC1. The monoisotopic (exact) mass is 243 g/mol. The summed E-state index contributed by atoms with van der Waals surface area (Å²) >= 11 is 0. The zero-order valence-corrected chi connectivity index (χ0v) is 11.3. The van der Waals surface area contributed by atoms with Crippen LogP contribution >= 0.6 is 0 Å². The Labute approximate surface area is 104 Å². The van der Waals surface area contributed by atoms with Crippen LogP contribution in [0.4, 0.5) is 4.79 Å². The maximum absolute atomic E-state index is 12.0. The molecule has 0 N–H and O–H groups in total. The zero-order chi connectivity index (χ0) is 12.7. The Morgan fingerprint density at radius 3 is 2.47 bits per heavy atom. The molecule has 0 aliphatic carbocycles. The number of carbonyl (C=O) groups is 1. The zero-order valence-electron chi connectivity index (χ0n) is 11.3. The van der Waals surface area contributed by atoms with Gasteiger partial charge in [-0.15, -0.1) is 0 Å². The maximum Gasteiger partial charge on any atom is 0.319 e.